The summed E-state index contributed by atoms with van der Waals surface area (Å²) >= 11 is 0. The van der Waals surface area contributed by atoms with Crippen LogP contribution < -0.4 is 10.6 Å². The number of piperidine rings is 1. The first-order chi connectivity index (χ1) is 8.89. The zero-order valence-electron chi connectivity index (χ0n) is 12.6. The van der Waals surface area contributed by atoms with Crippen LogP contribution in [0.25, 0.3) is 0 Å². The molecule has 0 radical (unpaired) electrons. The zero-order chi connectivity index (χ0) is 13.9. The van der Waals surface area contributed by atoms with E-state index in [-0.39, 0.29) is 11.6 Å². The Labute approximate surface area is 116 Å². The fourth-order valence-corrected chi connectivity index (χ4v) is 3.07. The molecule has 2 rings (SSSR count). The first-order valence-corrected chi connectivity index (χ1v) is 7.63. The average Bonchev–Trinajstić information content (AvgIpc) is 2.25. The Morgan fingerprint density at radius 2 is 2.05 bits per heavy atom. The fourth-order valence-electron chi connectivity index (χ4n) is 3.07. The summed E-state index contributed by atoms with van der Waals surface area (Å²) in [7, 11) is 0. The minimum Gasteiger partial charge on any atom is -0.444 e. The second-order valence-electron chi connectivity index (χ2n) is 7.11. The lowest BCUT2D eigenvalue weighted by Crippen LogP contribution is -2.57. The monoisotopic (exact) mass is 268 g/mol. The van der Waals surface area contributed by atoms with Gasteiger partial charge in [-0.1, -0.05) is 6.42 Å². The van der Waals surface area contributed by atoms with Gasteiger partial charge in [0.15, 0.2) is 0 Å². The van der Waals surface area contributed by atoms with Crippen LogP contribution in [-0.2, 0) is 4.74 Å². The van der Waals surface area contributed by atoms with Gasteiger partial charge in [0, 0.05) is 11.6 Å². The molecule has 110 valence electrons. The second kappa shape index (κ2) is 5.70. The Kier molecular flexibility index (Phi) is 4.39. The number of amides is 1. The number of alkyl carbamates (subject to hydrolysis) is 1. The van der Waals surface area contributed by atoms with Gasteiger partial charge in [0.1, 0.15) is 5.60 Å². The van der Waals surface area contributed by atoms with Crippen LogP contribution >= 0.6 is 0 Å². The van der Waals surface area contributed by atoms with Crippen molar-refractivity contribution in [3.8, 4) is 0 Å². The molecule has 1 aliphatic heterocycles. The van der Waals surface area contributed by atoms with E-state index in [0.717, 1.165) is 25.8 Å². The number of carbonyl (C=O) groups excluding carboxylic acids is 1. The predicted octanol–water partition coefficient (Wildman–Crippen LogP) is 2.97. The highest BCUT2D eigenvalue weighted by Crippen LogP contribution is 2.37. The van der Waals surface area contributed by atoms with Crippen LogP contribution in [0.4, 0.5) is 4.79 Å². The molecule has 2 fully saturated rings. The second-order valence-corrected chi connectivity index (χ2v) is 7.11. The first kappa shape index (κ1) is 14.6. The van der Waals surface area contributed by atoms with E-state index in [0.29, 0.717) is 6.04 Å². The molecule has 2 aliphatic rings. The Morgan fingerprint density at radius 1 is 1.32 bits per heavy atom. The van der Waals surface area contributed by atoms with Crippen molar-refractivity contribution in [1.82, 2.24) is 10.6 Å². The highest BCUT2D eigenvalue weighted by molar-refractivity contribution is 5.69. The van der Waals surface area contributed by atoms with Crippen LogP contribution in [0, 0.1) is 0 Å². The third-order valence-corrected chi connectivity index (χ3v) is 4.13. The Bertz CT molecular complexity index is 313. The van der Waals surface area contributed by atoms with Crippen molar-refractivity contribution in [1.29, 1.82) is 0 Å². The lowest BCUT2D eigenvalue weighted by molar-refractivity contribution is 0.0350. The Hall–Kier alpha value is -0.770. The summed E-state index contributed by atoms with van der Waals surface area (Å²) < 4.78 is 5.39. The van der Waals surface area contributed by atoms with Gasteiger partial charge in [0.05, 0.1) is 0 Å². The summed E-state index contributed by atoms with van der Waals surface area (Å²) in [5.41, 5.74) is -0.435. The average molecular weight is 268 g/mol. The molecule has 0 spiro atoms. The van der Waals surface area contributed by atoms with Crippen LogP contribution in [0.5, 0.6) is 0 Å². The van der Waals surface area contributed by atoms with Crippen molar-refractivity contribution >= 4 is 6.09 Å². The molecule has 4 nitrogen and oxygen atoms in total. The molecule has 0 bridgehead atoms. The van der Waals surface area contributed by atoms with E-state index < -0.39 is 5.60 Å². The van der Waals surface area contributed by atoms with Gasteiger partial charge in [-0.2, -0.15) is 0 Å². The van der Waals surface area contributed by atoms with Crippen LogP contribution in [-0.4, -0.2) is 29.8 Å². The van der Waals surface area contributed by atoms with Crippen molar-refractivity contribution in [3.63, 3.8) is 0 Å². The van der Waals surface area contributed by atoms with E-state index >= 15 is 0 Å². The number of nitrogens with one attached hydrogen (secondary N) is 2. The fraction of sp³-hybridized carbons (Fsp3) is 0.933. The topological polar surface area (TPSA) is 50.4 Å². The normalized spacial score (nSPS) is 26.4. The summed E-state index contributed by atoms with van der Waals surface area (Å²) in [6.45, 7) is 6.83. The van der Waals surface area contributed by atoms with Gasteiger partial charge >= 0.3 is 6.09 Å². The number of ether oxygens (including phenoxy) is 1. The van der Waals surface area contributed by atoms with E-state index in [1.807, 2.05) is 20.8 Å². The standard InChI is InChI=1S/C15H28N2O2/c1-14(2,3)19-13(18)17-15(8-6-9-15)11-12-7-4-5-10-16-12/h12,16H,4-11H2,1-3H3,(H,17,18). The molecule has 1 atom stereocenters. The first-order valence-electron chi connectivity index (χ1n) is 7.63. The van der Waals surface area contributed by atoms with Gasteiger partial charge in [-0.15, -0.1) is 0 Å². The zero-order valence-corrected chi connectivity index (χ0v) is 12.6. The number of hydrogen-bond acceptors (Lipinski definition) is 3. The van der Waals surface area contributed by atoms with Gasteiger partial charge in [-0.3, -0.25) is 0 Å². The van der Waals surface area contributed by atoms with Crippen molar-refractivity contribution in [3.05, 3.63) is 0 Å². The molecular formula is C15H28N2O2. The highest BCUT2D eigenvalue weighted by Gasteiger charge is 2.41. The number of rotatable bonds is 3. The largest absolute Gasteiger partial charge is 0.444 e. The third kappa shape index (κ3) is 4.37. The number of carbonyl (C=O) groups is 1. The maximum Gasteiger partial charge on any atom is 0.408 e. The summed E-state index contributed by atoms with van der Waals surface area (Å²) in [5.74, 6) is 0. The Balaban J connectivity index is 1.85. The molecule has 1 saturated heterocycles. The smallest absolute Gasteiger partial charge is 0.408 e. The molecule has 19 heavy (non-hydrogen) atoms. The molecule has 1 aliphatic carbocycles. The van der Waals surface area contributed by atoms with Gasteiger partial charge in [0.25, 0.3) is 0 Å². The lowest BCUT2D eigenvalue weighted by Gasteiger charge is -2.45. The lowest BCUT2D eigenvalue weighted by atomic mass is 9.72. The van der Waals surface area contributed by atoms with Crippen LogP contribution in [0.15, 0.2) is 0 Å². The molecule has 1 unspecified atom stereocenters. The molecule has 2 N–H and O–H groups in total. The van der Waals surface area contributed by atoms with E-state index in [4.69, 9.17) is 4.74 Å². The minimum absolute atomic E-state index is 0.0165. The highest BCUT2D eigenvalue weighted by atomic mass is 16.6. The number of hydrogen-bond donors (Lipinski definition) is 2. The van der Waals surface area contributed by atoms with Crippen molar-refractivity contribution in [2.24, 2.45) is 0 Å². The molecular weight excluding hydrogens is 240 g/mol. The SMILES string of the molecule is CC(C)(C)OC(=O)NC1(CC2CCCCN2)CCC1. The summed E-state index contributed by atoms with van der Waals surface area (Å²) in [5, 5.41) is 6.70. The summed E-state index contributed by atoms with van der Waals surface area (Å²) in [4.78, 5) is 12.0. The quantitative estimate of drug-likeness (QED) is 0.827. The van der Waals surface area contributed by atoms with Gasteiger partial charge in [0.2, 0.25) is 0 Å². The molecule has 1 saturated carbocycles. The van der Waals surface area contributed by atoms with Crippen LogP contribution in [0.2, 0.25) is 0 Å². The molecule has 1 amide bonds. The molecule has 4 heteroatoms. The molecule has 1 heterocycles. The van der Waals surface area contributed by atoms with E-state index in [1.165, 1.54) is 25.7 Å². The van der Waals surface area contributed by atoms with Gasteiger partial charge in [-0.05, 0) is 65.8 Å². The van der Waals surface area contributed by atoms with E-state index in [2.05, 4.69) is 10.6 Å². The van der Waals surface area contributed by atoms with Gasteiger partial charge < -0.3 is 15.4 Å². The Morgan fingerprint density at radius 3 is 2.53 bits per heavy atom. The maximum atomic E-state index is 12.0. The third-order valence-electron chi connectivity index (χ3n) is 4.13. The minimum atomic E-state index is -0.419. The summed E-state index contributed by atoms with van der Waals surface area (Å²) in [6, 6.07) is 0.559. The van der Waals surface area contributed by atoms with E-state index in [1.54, 1.807) is 0 Å². The van der Waals surface area contributed by atoms with E-state index in [9.17, 15) is 4.79 Å². The van der Waals surface area contributed by atoms with Crippen LogP contribution in [0.3, 0.4) is 0 Å². The van der Waals surface area contributed by atoms with Gasteiger partial charge in [-0.25, -0.2) is 4.79 Å². The van der Waals surface area contributed by atoms with Crippen molar-refractivity contribution in [2.75, 3.05) is 6.54 Å². The summed E-state index contributed by atoms with van der Waals surface area (Å²) in [6.07, 6.45) is 7.99. The predicted molar refractivity (Wildman–Crippen MR) is 76.2 cm³/mol. The maximum absolute atomic E-state index is 12.0. The molecule has 0 aromatic carbocycles. The molecule has 0 aromatic heterocycles. The van der Waals surface area contributed by atoms with Crippen molar-refractivity contribution < 1.29 is 9.53 Å². The van der Waals surface area contributed by atoms with Crippen molar-refractivity contribution in [2.45, 2.75) is 82.9 Å². The van der Waals surface area contributed by atoms with Crippen LogP contribution in [0.1, 0.15) is 65.7 Å². The molecule has 0 aromatic rings.